The smallest absolute Gasteiger partial charge is 0.303 e. The van der Waals surface area contributed by atoms with E-state index in [1.807, 2.05) is 0 Å². The number of halogens is 2. The van der Waals surface area contributed by atoms with Crippen LogP contribution in [0, 0.1) is 0 Å². The highest BCUT2D eigenvalue weighted by Gasteiger charge is 2.03. The number of carbonyl (C=O) groups is 1. The van der Waals surface area contributed by atoms with Gasteiger partial charge in [0, 0.05) is 12.8 Å². The van der Waals surface area contributed by atoms with Crippen molar-refractivity contribution in [3.8, 4) is 0 Å². The summed E-state index contributed by atoms with van der Waals surface area (Å²) in [6.07, 6.45) is -0.318. The van der Waals surface area contributed by atoms with Gasteiger partial charge in [0.2, 0.25) is 0 Å². The minimum Gasteiger partial charge on any atom is -0.481 e. The second kappa shape index (κ2) is 3.66. The Hall–Kier alpha value is -0.310. The van der Waals surface area contributed by atoms with Gasteiger partial charge in [-0.05, 0) is 0 Å². The van der Waals surface area contributed by atoms with Crippen LogP contribution in [0.15, 0.2) is 0 Å². The fourth-order valence-corrected chi connectivity index (χ4v) is 0.342. The van der Waals surface area contributed by atoms with Gasteiger partial charge in [-0.25, -0.2) is 4.39 Å². The van der Waals surface area contributed by atoms with Crippen LogP contribution in [-0.2, 0) is 4.79 Å². The van der Waals surface area contributed by atoms with E-state index >= 15 is 0 Å². The van der Waals surface area contributed by atoms with E-state index < -0.39 is 11.6 Å². The van der Waals surface area contributed by atoms with E-state index in [2.05, 4.69) is 0 Å². The maximum atomic E-state index is 11.6. The summed E-state index contributed by atoms with van der Waals surface area (Å²) in [7, 11) is 0. The molecule has 48 valence electrons. The van der Waals surface area contributed by atoms with Crippen molar-refractivity contribution < 1.29 is 14.3 Å². The second-order valence-electron chi connectivity index (χ2n) is 1.32. The van der Waals surface area contributed by atoms with Gasteiger partial charge >= 0.3 is 5.97 Å². The highest BCUT2D eigenvalue weighted by molar-refractivity contribution is 6.19. The van der Waals surface area contributed by atoms with Gasteiger partial charge in [0.15, 0.2) is 5.63 Å². The number of carboxylic acid groups (broad SMARTS) is 1. The third-order valence-corrected chi connectivity index (χ3v) is 0.795. The van der Waals surface area contributed by atoms with Crippen LogP contribution in [0.1, 0.15) is 12.8 Å². The Morgan fingerprint density at radius 1 is 1.88 bits per heavy atom. The van der Waals surface area contributed by atoms with E-state index in [0.717, 1.165) is 0 Å². The first-order valence-electron chi connectivity index (χ1n) is 2.13. The van der Waals surface area contributed by atoms with E-state index in [1.165, 1.54) is 0 Å². The molecule has 0 amide bonds. The summed E-state index contributed by atoms with van der Waals surface area (Å²) < 4.78 is 11.6. The Morgan fingerprint density at radius 3 is 2.50 bits per heavy atom. The zero-order chi connectivity index (χ0) is 6.57. The lowest BCUT2D eigenvalue weighted by Crippen LogP contribution is -1.97. The number of aliphatic carboxylic acids is 1. The molecule has 0 saturated carbocycles. The lowest BCUT2D eigenvalue weighted by molar-refractivity contribution is -0.137. The Morgan fingerprint density at radius 2 is 2.38 bits per heavy atom. The van der Waals surface area contributed by atoms with Gasteiger partial charge < -0.3 is 5.11 Å². The normalized spacial score (nSPS) is 13.2. The monoisotopic (exact) mass is 140 g/mol. The van der Waals surface area contributed by atoms with Gasteiger partial charge in [-0.2, -0.15) is 0 Å². The second-order valence-corrected chi connectivity index (χ2v) is 1.80. The number of rotatable bonds is 3. The first-order chi connectivity index (χ1) is 3.63. The van der Waals surface area contributed by atoms with Crippen LogP contribution in [0.5, 0.6) is 0 Å². The van der Waals surface area contributed by atoms with E-state index in [0.29, 0.717) is 0 Å². The molecular weight excluding hydrogens is 134 g/mol. The first-order valence-corrected chi connectivity index (χ1v) is 2.56. The molecule has 1 N–H and O–H groups in total. The van der Waals surface area contributed by atoms with Crippen LogP contribution in [0.3, 0.4) is 0 Å². The summed E-state index contributed by atoms with van der Waals surface area (Å²) >= 11 is 4.79. The predicted molar refractivity (Wildman–Crippen MR) is 27.6 cm³/mol. The molecule has 1 atom stereocenters. The quantitative estimate of drug-likeness (QED) is 0.602. The van der Waals surface area contributed by atoms with Gasteiger partial charge in [-0.1, -0.05) is 11.6 Å². The van der Waals surface area contributed by atoms with E-state index in [4.69, 9.17) is 16.7 Å². The average molecular weight is 141 g/mol. The molecule has 0 aliphatic rings. The van der Waals surface area contributed by atoms with Gasteiger partial charge in [0.25, 0.3) is 0 Å². The molecule has 0 aliphatic carbocycles. The standard InChI is InChI=1S/C4H6ClFO2/c5-3(6)1-2-4(7)8/h3H,1-2H2,(H,7,8). The van der Waals surface area contributed by atoms with E-state index in [1.54, 1.807) is 0 Å². The molecular formula is C4H6ClFO2. The van der Waals surface area contributed by atoms with Crippen molar-refractivity contribution in [3.05, 3.63) is 0 Å². The van der Waals surface area contributed by atoms with E-state index in [9.17, 15) is 9.18 Å². The summed E-state index contributed by atoms with van der Waals surface area (Å²) in [6.45, 7) is 0. The molecule has 0 heterocycles. The van der Waals surface area contributed by atoms with Crippen molar-refractivity contribution in [1.29, 1.82) is 0 Å². The summed E-state index contributed by atoms with van der Waals surface area (Å²) in [4.78, 5) is 9.68. The van der Waals surface area contributed by atoms with Crippen LogP contribution in [-0.4, -0.2) is 16.7 Å². The summed E-state index contributed by atoms with van der Waals surface area (Å²) in [5, 5.41) is 7.94. The fraction of sp³-hybridized carbons (Fsp3) is 0.750. The molecule has 0 aromatic carbocycles. The average Bonchev–Trinajstić information content (AvgIpc) is 1.61. The number of hydrogen-bond acceptors (Lipinski definition) is 1. The van der Waals surface area contributed by atoms with Crippen molar-refractivity contribution in [2.24, 2.45) is 0 Å². The largest absolute Gasteiger partial charge is 0.481 e. The zero-order valence-electron chi connectivity index (χ0n) is 4.10. The van der Waals surface area contributed by atoms with Crippen molar-refractivity contribution in [1.82, 2.24) is 0 Å². The lowest BCUT2D eigenvalue weighted by Gasteiger charge is -1.92. The minimum absolute atomic E-state index is 0.114. The van der Waals surface area contributed by atoms with Crippen molar-refractivity contribution in [3.63, 3.8) is 0 Å². The molecule has 0 saturated heterocycles. The van der Waals surface area contributed by atoms with Gasteiger partial charge in [0.05, 0.1) is 0 Å². The topological polar surface area (TPSA) is 37.3 Å². The number of hydrogen-bond donors (Lipinski definition) is 1. The molecule has 0 bridgehead atoms. The molecule has 0 spiro atoms. The molecule has 0 aromatic heterocycles. The van der Waals surface area contributed by atoms with Crippen LogP contribution in [0.2, 0.25) is 0 Å². The first kappa shape index (κ1) is 7.69. The maximum absolute atomic E-state index is 11.6. The highest BCUT2D eigenvalue weighted by atomic mass is 35.5. The number of carboxylic acids is 1. The fourth-order valence-electron chi connectivity index (χ4n) is 0.233. The van der Waals surface area contributed by atoms with Crippen molar-refractivity contribution in [2.75, 3.05) is 0 Å². The molecule has 0 aliphatic heterocycles. The molecule has 0 fully saturated rings. The van der Waals surface area contributed by atoms with Crippen molar-refractivity contribution >= 4 is 17.6 Å². The number of alkyl halides is 2. The molecule has 4 heteroatoms. The molecule has 1 unspecified atom stereocenters. The Labute approximate surface area is 51.3 Å². The lowest BCUT2D eigenvalue weighted by atomic mass is 10.3. The molecule has 0 aromatic rings. The Balaban J connectivity index is 3.05. The van der Waals surface area contributed by atoms with Gasteiger partial charge in [-0.15, -0.1) is 0 Å². The van der Waals surface area contributed by atoms with Crippen molar-refractivity contribution in [2.45, 2.75) is 18.5 Å². The minimum atomic E-state index is -1.52. The molecule has 2 nitrogen and oxygen atoms in total. The molecule has 8 heavy (non-hydrogen) atoms. The van der Waals surface area contributed by atoms with Gasteiger partial charge in [0.1, 0.15) is 0 Å². The third kappa shape index (κ3) is 5.69. The molecule has 0 radical (unpaired) electrons. The van der Waals surface area contributed by atoms with Crippen LogP contribution in [0.25, 0.3) is 0 Å². The predicted octanol–water partition coefficient (Wildman–Crippen LogP) is 1.39. The highest BCUT2D eigenvalue weighted by Crippen LogP contribution is 2.04. The SMILES string of the molecule is O=C(O)CCC(F)Cl. The zero-order valence-corrected chi connectivity index (χ0v) is 4.86. The third-order valence-electron chi connectivity index (χ3n) is 0.576. The van der Waals surface area contributed by atoms with Crippen LogP contribution in [0.4, 0.5) is 4.39 Å². The van der Waals surface area contributed by atoms with Crippen LogP contribution >= 0.6 is 11.6 Å². The van der Waals surface area contributed by atoms with E-state index in [-0.39, 0.29) is 12.8 Å². The Kier molecular flexibility index (Phi) is 3.52. The molecule has 0 rings (SSSR count). The maximum Gasteiger partial charge on any atom is 0.303 e. The van der Waals surface area contributed by atoms with Crippen LogP contribution < -0.4 is 0 Å². The summed E-state index contributed by atoms with van der Waals surface area (Å²) in [5.74, 6) is -1.02. The summed E-state index contributed by atoms with van der Waals surface area (Å²) in [5.41, 5.74) is -1.52. The summed E-state index contributed by atoms with van der Waals surface area (Å²) in [6, 6.07) is 0. The Bertz CT molecular complexity index is 84.1. The van der Waals surface area contributed by atoms with Gasteiger partial charge in [-0.3, -0.25) is 4.79 Å².